The number of nitro benzene ring substituents is 1. The fourth-order valence-electron chi connectivity index (χ4n) is 1.90. The second-order valence-electron chi connectivity index (χ2n) is 4.89. The van der Waals surface area contributed by atoms with Crippen molar-refractivity contribution in [2.75, 3.05) is 19.0 Å². The first-order valence-corrected chi connectivity index (χ1v) is 7.29. The van der Waals surface area contributed by atoms with E-state index in [0.717, 1.165) is 5.56 Å². The highest BCUT2D eigenvalue weighted by Crippen LogP contribution is 2.31. The lowest BCUT2D eigenvalue weighted by Gasteiger charge is -2.09. The van der Waals surface area contributed by atoms with Crippen LogP contribution in [0.1, 0.15) is 5.56 Å². The van der Waals surface area contributed by atoms with Crippen LogP contribution in [0.5, 0.6) is 11.5 Å². The smallest absolute Gasteiger partial charge is 0.314 e. The Bertz CT molecular complexity index is 779. The molecule has 24 heavy (non-hydrogen) atoms. The highest BCUT2D eigenvalue weighted by atomic mass is 35.5. The minimum absolute atomic E-state index is 0.0158. The summed E-state index contributed by atoms with van der Waals surface area (Å²) in [5, 5.41) is 14.2. The van der Waals surface area contributed by atoms with Crippen LogP contribution >= 0.6 is 11.6 Å². The highest BCUT2D eigenvalue weighted by Gasteiger charge is 2.17. The van der Waals surface area contributed by atoms with Crippen molar-refractivity contribution in [2.45, 2.75) is 6.92 Å². The maximum atomic E-state index is 11.9. The highest BCUT2D eigenvalue weighted by molar-refractivity contribution is 6.31. The van der Waals surface area contributed by atoms with E-state index in [0.29, 0.717) is 16.5 Å². The zero-order chi connectivity index (χ0) is 17.7. The van der Waals surface area contributed by atoms with Crippen molar-refractivity contribution in [3.8, 4) is 11.5 Å². The van der Waals surface area contributed by atoms with Crippen LogP contribution in [0.15, 0.2) is 36.4 Å². The molecule has 0 aliphatic carbocycles. The summed E-state index contributed by atoms with van der Waals surface area (Å²) in [5.74, 6) is -0.147. The van der Waals surface area contributed by atoms with E-state index < -0.39 is 10.8 Å². The molecule has 126 valence electrons. The number of methoxy groups -OCH3 is 1. The van der Waals surface area contributed by atoms with Gasteiger partial charge in [-0.25, -0.2) is 0 Å². The largest absolute Gasteiger partial charge is 0.496 e. The van der Waals surface area contributed by atoms with Crippen molar-refractivity contribution in [3.63, 3.8) is 0 Å². The first-order valence-electron chi connectivity index (χ1n) is 6.92. The van der Waals surface area contributed by atoms with Crippen LogP contribution in [0.4, 0.5) is 11.4 Å². The van der Waals surface area contributed by atoms with Crippen LogP contribution < -0.4 is 14.8 Å². The molecule has 0 aliphatic rings. The van der Waals surface area contributed by atoms with Gasteiger partial charge >= 0.3 is 5.69 Å². The summed E-state index contributed by atoms with van der Waals surface area (Å²) in [5.41, 5.74) is 1.13. The van der Waals surface area contributed by atoms with Crippen molar-refractivity contribution in [2.24, 2.45) is 0 Å². The molecule has 8 heteroatoms. The van der Waals surface area contributed by atoms with Crippen LogP contribution in [0.2, 0.25) is 5.02 Å². The SMILES string of the molecule is COc1ccc(OCC(=O)Nc2ccc(C)c(Cl)c2)c([N+](=O)[O-])c1. The van der Waals surface area contributed by atoms with E-state index >= 15 is 0 Å². The van der Waals surface area contributed by atoms with Gasteiger partial charge in [0.15, 0.2) is 12.4 Å². The van der Waals surface area contributed by atoms with Gasteiger partial charge in [-0.3, -0.25) is 14.9 Å². The number of ether oxygens (including phenoxy) is 2. The van der Waals surface area contributed by atoms with Crippen LogP contribution in [-0.4, -0.2) is 24.5 Å². The number of rotatable bonds is 6. The van der Waals surface area contributed by atoms with Crippen molar-refractivity contribution in [3.05, 3.63) is 57.1 Å². The molecule has 1 N–H and O–H groups in total. The average Bonchev–Trinajstić information content (AvgIpc) is 2.56. The zero-order valence-electron chi connectivity index (χ0n) is 13.0. The molecule has 0 spiro atoms. The normalized spacial score (nSPS) is 10.1. The molecular formula is C16H15ClN2O5. The molecule has 7 nitrogen and oxygen atoms in total. The molecule has 0 saturated carbocycles. The predicted molar refractivity (Wildman–Crippen MR) is 90.0 cm³/mol. The van der Waals surface area contributed by atoms with Crippen molar-refractivity contribution < 1.29 is 19.2 Å². The van der Waals surface area contributed by atoms with Gasteiger partial charge in [-0.05, 0) is 36.8 Å². The Morgan fingerprint density at radius 3 is 2.67 bits per heavy atom. The van der Waals surface area contributed by atoms with Crippen LogP contribution in [-0.2, 0) is 4.79 Å². The number of aryl methyl sites for hydroxylation is 1. The third kappa shape index (κ3) is 4.36. The number of nitro groups is 1. The van der Waals surface area contributed by atoms with Crippen molar-refractivity contribution in [1.29, 1.82) is 0 Å². The maximum absolute atomic E-state index is 11.9. The molecule has 0 radical (unpaired) electrons. The van der Waals surface area contributed by atoms with E-state index in [1.807, 2.05) is 6.92 Å². The van der Waals surface area contributed by atoms with Crippen molar-refractivity contribution in [1.82, 2.24) is 0 Å². The Kier molecular flexibility index (Phi) is 5.59. The number of nitrogens with zero attached hydrogens (tertiary/aromatic N) is 1. The van der Waals surface area contributed by atoms with E-state index in [4.69, 9.17) is 21.1 Å². The van der Waals surface area contributed by atoms with Gasteiger partial charge < -0.3 is 14.8 Å². The molecule has 0 aromatic heterocycles. The standard InChI is InChI=1S/C16H15ClN2O5/c1-10-3-4-11(7-13(10)17)18-16(20)9-24-15-6-5-12(23-2)8-14(15)19(21)22/h3-8H,9H2,1-2H3,(H,18,20). The number of carbonyl (C=O) groups excluding carboxylic acids is 1. The minimum atomic E-state index is -0.602. The number of halogens is 1. The molecule has 2 aromatic rings. The Balaban J connectivity index is 2.03. The minimum Gasteiger partial charge on any atom is -0.496 e. The fraction of sp³-hybridized carbons (Fsp3) is 0.188. The Hall–Kier alpha value is -2.80. The molecule has 0 unspecified atom stereocenters. The number of benzene rings is 2. The van der Waals surface area contributed by atoms with Gasteiger partial charge in [0.25, 0.3) is 5.91 Å². The quantitative estimate of drug-likeness (QED) is 0.635. The number of amides is 1. The molecule has 0 bridgehead atoms. The maximum Gasteiger partial charge on any atom is 0.314 e. The molecule has 0 atom stereocenters. The van der Waals surface area contributed by atoms with Gasteiger partial charge in [0.1, 0.15) is 5.75 Å². The average molecular weight is 351 g/mol. The number of anilines is 1. The molecule has 2 aromatic carbocycles. The van der Waals surface area contributed by atoms with Gasteiger partial charge in [0.2, 0.25) is 0 Å². The molecule has 0 fully saturated rings. The number of hydrogen-bond acceptors (Lipinski definition) is 5. The van der Waals surface area contributed by atoms with Gasteiger partial charge in [-0.2, -0.15) is 0 Å². The summed E-state index contributed by atoms with van der Waals surface area (Å²) in [7, 11) is 1.40. The summed E-state index contributed by atoms with van der Waals surface area (Å²) in [4.78, 5) is 22.4. The van der Waals surface area contributed by atoms with Crippen molar-refractivity contribution >= 4 is 28.9 Å². The number of nitrogens with one attached hydrogen (secondary N) is 1. The fourth-order valence-corrected chi connectivity index (χ4v) is 2.08. The van der Waals surface area contributed by atoms with E-state index in [9.17, 15) is 14.9 Å². The van der Waals surface area contributed by atoms with E-state index in [-0.39, 0.29) is 18.0 Å². The molecule has 1 amide bonds. The topological polar surface area (TPSA) is 90.7 Å². The monoisotopic (exact) mass is 350 g/mol. The summed E-state index contributed by atoms with van der Waals surface area (Å²) in [6.07, 6.45) is 0. The van der Waals surface area contributed by atoms with E-state index in [1.54, 1.807) is 18.2 Å². The third-order valence-electron chi connectivity index (χ3n) is 3.18. The van der Waals surface area contributed by atoms with E-state index in [2.05, 4.69) is 5.32 Å². The lowest BCUT2D eigenvalue weighted by atomic mass is 10.2. The molecule has 0 aliphatic heterocycles. The molecule has 2 rings (SSSR count). The second-order valence-corrected chi connectivity index (χ2v) is 5.30. The second kappa shape index (κ2) is 7.65. The lowest BCUT2D eigenvalue weighted by Crippen LogP contribution is -2.20. The third-order valence-corrected chi connectivity index (χ3v) is 3.58. The molecular weight excluding hydrogens is 336 g/mol. The number of hydrogen-bond donors (Lipinski definition) is 1. The number of carbonyl (C=O) groups is 1. The zero-order valence-corrected chi connectivity index (χ0v) is 13.8. The summed E-state index contributed by atoms with van der Waals surface area (Å²) < 4.78 is 10.2. The summed E-state index contributed by atoms with van der Waals surface area (Å²) >= 11 is 5.99. The molecule has 0 heterocycles. The van der Waals surface area contributed by atoms with E-state index in [1.165, 1.54) is 25.3 Å². The van der Waals surface area contributed by atoms with Gasteiger partial charge in [-0.1, -0.05) is 17.7 Å². The Morgan fingerprint density at radius 2 is 2.04 bits per heavy atom. The summed E-state index contributed by atoms with van der Waals surface area (Å²) in [6, 6.07) is 9.21. The Morgan fingerprint density at radius 1 is 1.29 bits per heavy atom. The van der Waals surface area contributed by atoms with Gasteiger partial charge in [-0.15, -0.1) is 0 Å². The summed E-state index contributed by atoms with van der Waals surface area (Å²) in [6.45, 7) is 1.47. The lowest BCUT2D eigenvalue weighted by molar-refractivity contribution is -0.385. The van der Waals surface area contributed by atoms with Gasteiger partial charge in [0.05, 0.1) is 18.1 Å². The van der Waals surface area contributed by atoms with Gasteiger partial charge in [0, 0.05) is 10.7 Å². The predicted octanol–water partition coefficient (Wildman–Crippen LogP) is 3.58. The van der Waals surface area contributed by atoms with Crippen LogP contribution in [0.3, 0.4) is 0 Å². The first kappa shape index (κ1) is 17.6. The molecule has 0 saturated heterocycles. The first-order chi connectivity index (χ1) is 11.4. The van der Waals surface area contributed by atoms with Crippen LogP contribution in [0, 0.1) is 17.0 Å². The van der Waals surface area contributed by atoms with Crippen LogP contribution in [0.25, 0.3) is 0 Å². The Labute approximate surface area is 143 Å².